The molecule has 0 amide bonds. The van der Waals surface area contributed by atoms with E-state index in [0.29, 0.717) is 6.61 Å². The molecule has 0 unspecified atom stereocenters. The Balaban J connectivity index is 3.19. The summed E-state index contributed by atoms with van der Waals surface area (Å²) in [6.45, 7) is 5.18. The first-order valence-corrected chi connectivity index (χ1v) is 21.6. The van der Waals surface area contributed by atoms with Crippen molar-refractivity contribution in [1.82, 2.24) is 0 Å². The fourth-order valence-corrected chi connectivity index (χ4v) is 6.74. The van der Waals surface area contributed by atoms with Gasteiger partial charge in [-0.15, -0.1) is 0 Å². The topological polar surface area (TPSA) is 26.3 Å². The minimum atomic E-state index is -0.149. The number of unbranched alkanes of at least 4 members (excludes halogenated alkanes) is 36. The first kappa shape index (κ1) is 45.2. The van der Waals surface area contributed by atoms with Gasteiger partial charge >= 0.3 is 5.97 Å². The van der Waals surface area contributed by atoms with Gasteiger partial charge in [-0.3, -0.25) is 0 Å². The molecule has 0 bridgehead atoms. The van der Waals surface area contributed by atoms with Gasteiger partial charge in [-0.1, -0.05) is 245 Å². The van der Waals surface area contributed by atoms with Gasteiger partial charge in [-0.05, 0) is 19.3 Å². The van der Waals surface area contributed by atoms with Crippen molar-refractivity contribution >= 4 is 5.97 Å². The average molecular weight is 647 g/mol. The van der Waals surface area contributed by atoms with E-state index in [-0.39, 0.29) is 5.97 Å². The zero-order valence-corrected chi connectivity index (χ0v) is 32.0. The predicted octanol–water partition coefficient (Wildman–Crippen LogP) is 15.9. The van der Waals surface area contributed by atoms with E-state index in [1.54, 1.807) is 6.08 Å². The second-order valence-electron chi connectivity index (χ2n) is 14.7. The molecule has 2 heteroatoms. The second kappa shape index (κ2) is 42.2. The molecule has 0 heterocycles. The summed E-state index contributed by atoms with van der Waals surface area (Å²) < 4.78 is 5.39. The molecule has 0 saturated carbocycles. The van der Waals surface area contributed by atoms with E-state index >= 15 is 0 Å². The summed E-state index contributed by atoms with van der Waals surface area (Å²) in [5.41, 5.74) is 0. The summed E-state index contributed by atoms with van der Waals surface area (Å²) >= 11 is 0. The number of esters is 1. The standard InChI is InChI=1S/C44H86O2/c1-3-5-7-9-11-13-15-17-19-21-22-23-24-25-27-29-31-33-35-37-39-41-43-46-44(45)42-40-38-36-34-32-30-28-26-20-18-16-14-12-10-8-6-4-2/h40,42H,3-39,41,43H2,1-2H3. The van der Waals surface area contributed by atoms with Gasteiger partial charge < -0.3 is 4.74 Å². The van der Waals surface area contributed by atoms with Crippen LogP contribution in [0.5, 0.6) is 0 Å². The molecule has 0 aromatic carbocycles. The molecule has 0 spiro atoms. The normalized spacial score (nSPS) is 11.6. The summed E-state index contributed by atoms with van der Waals surface area (Å²) in [7, 11) is 0. The molecule has 0 aliphatic heterocycles. The molecule has 0 rings (SSSR count). The van der Waals surface area contributed by atoms with Crippen LogP contribution in [0.2, 0.25) is 0 Å². The molecule has 0 fully saturated rings. The lowest BCUT2D eigenvalue weighted by molar-refractivity contribution is -0.137. The van der Waals surface area contributed by atoms with E-state index in [1.807, 2.05) is 6.08 Å². The molecule has 46 heavy (non-hydrogen) atoms. The third-order valence-corrected chi connectivity index (χ3v) is 9.97. The molecule has 0 aromatic heterocycles. The van der Waals surface area contributed by atoms with Crippen molar-refractivity contribution in [3.8, 4) is 0 Å². The Kier molecular flexibility index (Phi) is 41.5. The van der Waals surface area contributed by atoms with Gasteiger partial charge in [0.1, 0.15) is 0 Å². The zero-order valence-electron chi connectivity index (χ0n) is 32.0. The minimum Gasteiger partial charge on any atom is -0.463 e. The molecule has 2 nitrogen and oxygen atoms in total. The summed E-state index contributed by atoms with van der Waals surface area (Å²) in [6.07, 6.45) is 56.3. The van der Waals surface area contributed by atoms with Crippen LogP contribution in [0.4, 0.5) is 0 Å². The highest BCUT2D eigenvalue weighted by atomic mass is 16.5. The molecular weight excluding hydrogens is 560 g/mol. The summed E-state index contributed by atoms with van der Waals surface area (Å²) in [5, 5.41) is 0. The SMILES string of the molecule is CCCCCCCCCCCCCCCCCC=CC(=O)OCCCCCCCCCCCCCCCCCCCCCCCC. The predicted molar refractivity (Wildman–Crippen MR) is 207 cm³/mol. The molecule has 0 N–H and O–H groups in total. The molecule has 0 saturated heterocycles. The molecule has 274 valence electrons. The smallest absolute Gasteiger partial charge is 0.330 e. The van der Waals surface area contributed by atoms with Crippen molar-refractivity contribution < 1.29 is 9.53 Å². The van der Waals surface area contributed by atoms with Crippen molar-refractivity contribution in [1.29, 1.82) is 0 Å². The Morgan fingerprint density at radius 2 is 0.587 bits per heavy atom. The van der Waals surface area contributed by atoms with Crippen molar-refractivity contribution in [2.75, 3.05) is 6.61 Å². The third-order valence-electron chi connectivity index (χ3n) is 9.97. The fourth-order valence-electron chi connectivity index (χ4n) is 6.74. The maximum absolute atomic E-state index is 11.9. The molecule has 0 atom stereocenters. The molecule has 0 aliphatic rings. The van der Waals surface area contributed by atoms with E-state index < -0.39 is 0 Å². The van der Waals surface area contributed by atoms with Crippen LogP contribution in [-0.2, 0) is 9.53 Å². The van der Waals surface area contributed by atoms with Crippen LogP contribution in [0, 0.1) is 0 Å². The average Bonchev–Trinajstić information content (AvgIpc) is 3.06. The molecule has 0 aliphatic carbocycles. The monoisotopic (exact) mass is 647 g/mol. The first-order valence-electron chi connectivity index (χ1n) is 21.6. The van der Waals surface area contributed by atoms with E-state index in [1.165, 1.54) is 231 Å². The van der Waals surface area contributed by atoms with E-state index in [2.05, 4.69) is 13.8 Å². The van der Waals surface area contributed by atoms with Gasteiger partial charge in [0.15, 0.2) is 0 Å². The summed E-state index contributed by atoms with van der Waals surface area (Å²) in [4.78, 5) is 11.9. The lowest BCUT2D eigenvalue weighted by Gasteiger charge is -2.04. The maximum Gasteiger partial charge on any atom is 0.330 e. The maximum atomic E-state index is 11.9. The molecular formula is C44H86O2. The van der Waals surface area contributed by atoms with Crippen molar-refractivity contribution in [3.63, 3.8) is 0 Å². The number of rotatable bonds is 40. The van der Waals surface area contributed by atoms with Crippen LogP contribution in [0.15, 0.2) is 12.2 Å². The number of hydrogen-bond acceptors (Lipinski definition) is 2. The van der Waals surface area contributed by atoms with Gasteiger partial charge in [0, 0.05) is 6.08 Å². The van der Waals surface area contributed by atoms with Gasteiger partial charge in [-0.2, -0.15) is 0 Å². The summed E-state index contributed by atoms with van der Waals surface area (Å²) in [6, 6.07) is 0. The molecule has 0 radical (unpaired) electrons. The Morgan fingerprint density at radius 3 is 0.870 bits per heavy atom. The third kappa shape index (κ3) is 41.2. The minimum absolute atomic E-state index is 0.149. The number of ether oxygens (including phenoxy) is 1. The van der Waals surface area contributed by atoms with Gasteiger partial charge in [0.05, 0.1) is 6.61 Å². The van der Waals surface area contributed by atoms with Crippen LogP contribution in [0.25, 0.3) is 0 Å². The zero-order chi connectivity index (χ0) is 33.3. The Bertz CT molecular complexity index is 582. The van der Waals surface area contributed by atoms with Crippen LogP contribution < -0.4 is 0 Å². The lowest BCUT2D eigenvalue weighted by Crippen LogP contribution is -2.02. The van der Waals surface area contributed by atoms with Crippen LogP contribution >= 0.6 is 0 Å². The van der Waals surface area contributed by atoms with Crippen LogP contribution in [-0.4, -0.2) is 12.6 Å². The largest absolute Gasteiger partial charge is 0.463 e. The second-order valence-corrected chi connectivity index (χ2v) is 14.7. The number of carbonyl (C=O) groups is 1. The first-order chi connectivity index (χ1) is 22.8. The van der Waals surface area contributed by atoms with E-state index in [4.69, 9.17) is 4.74 Å². The number of hydrogen-bond donors (Lipinski definition) is 0. The van der Waals surface area contributed by atoms with Gasteiger partial charge in [0.2, 0.25) is 0 Å². The van der Waals surface area contributed by atoms with Gasteiger partial charge in [-0.25, -0.2) is 4.79 Å². The van der Waals surface area contributed by atoms with Crippen LogP contribution in [0.1, 0.15) is 258 Å². The number of allylic oxidation sites excluding steroid dienone is 1. The van der Waals surface area contributed by atoms with Crippen LogP contribution in [0.3, 0.4) is 0 Å². The number of carbonyl (C=O) groups excluding carboxylic acids is 1. The summed E-state index contributed by atoms with van der Waals surface area (Å²) in [5.74, 6) is -0.149. The lowest BCUT2D eigenvalue weighted by atomic mass is 10.0. The molecule has 0 aromatic rings. The van der Waals surface area contributed by atoms with E-state index in [0.717, 1.165) is 12.8 Å². The van der Waals surface area contributed by atoms with Crippen molar-refractivity contribution in [2.45, 2.75) is 258 Å². The highest BCUT2D eigenvalue weighted by Gasteiger charge is 1.99. The van der Waals surface area contributed by atoms with E-state index in [9.17, 15) is 4.79 Å². The fraction of sp³-hybridized carbons (Fsp3) is 0.932. The highest BCUT2D eigenvalue weighted by Crippen LogP contribution is 2.16. The Morgan fingerprint density at radius 1 is 0.348 bits per heavy atom. The van der Waals surface area contributed by atoms with Crippen molar-refractivity contribution in [3.05, 3.63) is 12.2 Å². The van der Waals surface area contributed by atoms with Crippen molar-refractivity contribution in [2.24, 2.45) is 0 Å². The quantitative estimate of drug-likeness (QED) is 0.0376. The highest BCUT2D eigenvalue weighted by molar-refractivity contribution is 5.81. The Hall–Kier alpha value is -0.790. The Labute approximate surface area is 291 Å². The van der Waals surface area contributed by atoms with Gasteiger partial charge in [0.25, 0.3) is 0 Å².